The number of amides is 2. The maximum Gasteiger partial charge on any atom is 0.242 e. The molecular formula is C25H33ClN2O4. The summed E-state index contributed by atoms with van der Waals surface area (Å²) in [6, 6.07) is 14.0. The topological polar surface area (TPSA) is 67.9 Å². The number of methoxy groups -OCH3 is 1. The molecule has 0 saturated carbocycles. The van der Waals surface area contributed by atoms with Crippen LogP contribution < -0.4 is 14.8 Å². The molecule has 0 unspecified atom stereocenters. The average Bonchev–Trinajstić information content (AvgIpc) is 2.79. The van der Waals surface area contributed by atoms with Crippen molar-refractivity contribution >= 4 is 23.4 Å². The highest BCUT2D eigenvalue weighted by atomic mass is 35.5. The van der Waals surface area contributed by atoms with Crippen LogP contribution >= 0.6 is 11.6 Å². The summed E-state index contributed by atoms with van der Waals surface area (Å²) in [6.07, 6.45) is 0.815. The molecule has 2 aromatic rings. The van der Waals surface area contributed by atoms with Gasteiger partial charge in [-0.15, -0.1) is 0 Å². The van der Waals surface area contributed by atoms with E-state index >= 15 is 0 Å². The first-order valence-electron chi connectivity index (χ1n) is 10.9. The molecule has 0 aliphatic carbocycles. The summed E-state index contributed by atoms with van der Waals surface area (Å²) in [5.74, 6) is 1.49. The van der Waals surface area contributed by atoms with E-state index in [1.165, 1.54) is 0 Å². The van der Waals surface area contributed by atoms with Gasteiger partial charge in [0.05, 0.1) is 13.7 Å². The van der Waals surface area contributed by atoms with Gasteiger partial charge in [-0.25, -0.2) is 0 Å². The molecule has 2 aromatic carbocycles. The van der Waals surface area contributed by atoms with E-state index in [0.717, 1.165) is 5.56 Å². The van der Waals surface area contributed by atoms with Crippen LogP contribution in [0.3, 0.4) is 0 Å². The van der Waals surface area contributed by atoms with Gasteiger partial charge in [-0.2, -0.15) is 0 Å². The van der Waals surface area contributed by atoms with Crippen LogP contribution in [-0.4, -0.2) is 43.0 Å². The Bertz CT molecular complexity index is 871. The number of nitrogens with one attached hydrogen (secondary N) is 1. The summed E-state index contributed by atoms with van der Waals surface area (Å²) >= 11 is 5.88. The second-order valence-electron chi connectivity index (χ2n) is 8.09. The number of halogens is 1. The first kappa shape index (κ1) is 25.5. The first-order chi connectivity index (χ1) is 15.3. The van der Waals surface area contributed by atoms with Crippen LogP contribution in [0.5, 0.6) is 11.5 Å². The Morgan fingerprint density at radius 2 is 1.78 bits per heavy atom. The molecule has 0 aliphatic heterocycles. The number of carbonyl (C=O) groups is 2. The minimum Gasteiger partial charge on any atom is -0.497 e. The van der Waals surface area contributed by atoms with Gasteiger partial charge in [-0.05, 0) is 61.2 Å². The number of nitrogens with zero attached hydrogens (tertiary/aromatic N) is 1. The standard InChI is InChI=1S/C25H33ClN2O4/c1-18(2)16-27-25(30)19(3)28(17-20-7-5-8-23(15-20)31-4)24(29)9-6-14-32-22-12-10-21(26)11-13-22/h5,7-8,10-13,15,18-19H,6,9,14,16-17H2,1-4H3,(H,27,30)/t19-/m0/s1. The third kappa shape index (κ3) is 8.42. The molecule has 2 rings (SSSR count). The summed E-state index contributed by atoms with van der Waals surface area (Å²) in [5, 5.41) is 3.57. The van der Waals surface area contributed by atoms with Crippen LogP contribution in [0.15, 0.2) is 48.5 Å². The average molecular weight is 461 g/mol. The zero-order valence-corrected chi connectivity index (χ0v) is 20.0. The van der Waals surface area contributed by atoms with E-state index in [-0.39, 0.29) is 18.2 Å². The molecule has 174 valence electrons. The number of ether oxygens (including phenoxy) is 2. The summed E-state index contributed by atoms with van der Waals surface area (Å²) in [6.45, 7) is 7.12. The van der Waals surface area contributed by atoms with E-state index in [1.54, 1.807) is 43.2 Å². The number of rotatable bonds is 12. The molecule has 1 atom stereocenters. The predicted octanol–water partition coefficient (Wildman–Crippen LogP) is 4.70. The molecule has 0 bridgehead atoms. The van der Waals surface area contributed by atoms with E-state index < -0.39 is 6.04 Å². The van der Waals surface area contributed by atoms with Crippen LogP contribution in [0, 0.1) is 5.92 Å². The Kier molecular flexibility index (Phi) is 10.3. The fraction of sp³-hybridized carbons (Fsp3) is 0.440. The third-order valence-corrected chi connectivity index (χ3v) is 5.21. The lowest BCUT2D eigenvalue weighted by Crippen LogP contribution is -2.48. The minimum absolute atomic E-state index is 0.0975. The summed E-state index contributed by atoms with van der Waals surface area (Å²) in [5.41, 5.74) is 0.902. The van der Waals surface area contributed by atoms with Gasteiger partial charge in [-0.3, -0.25) is 9.59 Å². The van der Waals surface area contributed by atoms with Crippen molar-refractivity contribution in [3.63, 3.8) is 0 Å². The number of hydrogen-bond acceptors (Lipinski definition) is 4. The zero-order valence-electron chi connectivity index (χ0n) is 19.3. The van der Waals surface area contributed by atoms with Crippen LogP contribution in [0.4, 0.5) is 0 Å². The van der Waals surface area contributed by atoms with Gasteiger partial charge in [0.2, 0.25) is 11.8 Å². The number of carbonyl (C=O) groups excluding carboxylic acids is 2. The maximum atomic E-state index is 13.1. The highest BCUT2D eigenvalue weighted by Gasteiger charge is 2.26. The third-order valence-electron chi connectivity index (χ3n) is 4.96. The van der Waals surface area contributed by atoms with Crippen LogP contribution in [-0.2, 0) is 16.1 Å². The second-order valence-corrected chi connectivity index (χ2v) is 8.53. The molecule has 0 saturated heterocycles. The molecular weight excluding hydrogens is 428 g/mol. The van der Waals surface area contributed by atoms with Crippen molar-refractivity contribution < 1.29 is 19.1 Å². The van der Waals surface area contributed by atoms with Crippen molar-refractivity contribution in [1.29, 1.82) is 0 Å². The van der Waals surface area contributed by atoms with Crippen molar-refractivity contribution in [2.24, 2.45) is 5.92 Å². The van der Waals surface area contributed by atoms with Gasteiger partial charge in [0.15, 0.2) is 0 Å². The quantitative estimate of drug-likeness (QED) is 0.466. The van der Waals surface area contributed by atoms with Crippen molar-refractivity contribution in [2.45, 2.75) is 46.2 Å². The fourth-order valence-electron chi connectivity index (χ4n) is 3.09. The summed E-state index contributed by atoms with van der Waals surface area (Å²) in [4.78, 5) is 27.4. The van der Waals surface area contributed by atoms with Crippen LogP contribution in [0.1, 0.15) is 39.2 Å². The van der Waals surface area contributed by atoms with Crippen molar-refractivity contribution in [2.75, 3.05) is 20.3 Å². The zero-order chi connectivity index (χ0) is 23.5. The van der Waals surface area contributed by atoms with Gasteiger partial charge < -0.3 is 19.7 Å². The monoisotopic (exact) mass is 460 g/mol. The van der Waals surface area contributed by atoms with Gasteiger partial charge in [0.1, 0.15) is 17.5 Å². The fourth-order valence-corrected chi connectivity index (χ4v) is 3.22. The van der Waals surface area contributed by atoms with Gasteiger partial charge in [0, 0.05) is 24.5 Å². The Balaban J connectivity index is 2.01. The van der Waals surface area contributed by atoms with Gasteiger partial charge in [-0.1, -0.05) is 37.6 Å². The normalized spacial score (nSPS) is 11.7. The second kappa shape index (κ2) is 13.0. The molecule has 1 N–H and O–H groups in total. The molecule has 32 heavy (non-hydrogen) atoms. The lowest BCUT2D eigenvalue weighted by molar-refractivity contribution is -0.140. The molecule has 0 fully saturated rings. The van der Waals surface area contributed by atoms with Crippen molar-refractivity contribution in [1.82, 2.24) is 10.2 Å². The molecule has 0 radical (unpaired) electrons. The van der Waals surface area contributed by atoms with Gasteiger partial charge in [0.25, 0.3) is 0 Å². The molecule has 0 aromatic heterocycles. The number of benzene rings is 2. The van der Waals surface area contributed by atoms with Crippen molar-refractivity contribution in [3.05, 3.63) is 59.1 Å². The molecule has 0 heterocycles. The Labute approximate surface area is 195 Å². The Morgan fingerprint density at radius 1 is 1.06 bits per heavy atom. The maximum absolute atomic E-state index is 13.1. The smallest absolute Gasteiger partial charge is 0.242 e. The molecule has 0 spiro atoms. The molecule has 7 heteroatoms. The van der Waals surface area contributed by atoms with E-state index in [0.29, 0.717) is 48.6 Å². The lowest BCUT2D eigenvalue weighted by atomic mass is 10.1. The van der Waals surface area contributed by atoms with E-state index in [4.69, 9.17) is 21.1 Å². The predicted molar refractivity (Wildman–Crippen MR) is 127 cm³/mol. The highest BCUT2D eigenvalue weighted by Crippen LogP contribution is 2.18. The van der Waals surface area contributed by atoms with E-state index in [1.807, 2.05) is 38.1 Å². The van der Waals surface area contributed by atoms with Crippen molar-refractivity contribution in [3.8, 4) is 11.5 Å². The molecule has 2 amide bonds. The summed E-state index contributed by atoms with van der Waals surface area (Å²) < 4.78 is 11.0. The molecule has 0 aliphatic rings. The van der Waals surface area contributed by atoms with Crippen LogP contribution in [0.2, 0.25) is 5.02 Å². The summed E-state index contributed by atoms with van der Waals surface area (Å²) in [7, 11) is 1.60. The minimum atomic E-state index is -0.593. The lowest BCUT2D eigenvalue weighted by Gasteiger charge is -2.29. The van der Waals surface area contributed by atoms with Crippen LogP contribution in [0.25, 0.3) is 0 Å². The Hall–Kier alpha value is -2.73. The molecule has 6 nitrogen and oxygen atoms in total. The first-order valence-corrected chi connectivity index (χ1v) is 11.3. The van der Waals surface area contributed by atoms with E-state index in [2.05, 4.69) is 5.32 Å². The number of hydrogen-bond donors (Lipinski definition) is 1. The SMILES string of the molecule is COc1cccc(CN(C(=O)CCCOc2ccc(Cl)cc2)[C@@H](C)C(=O)NCC(C)C)c1. The van der Waals surface area contributed by atoms with E-state index in [9.17, 15) is 9.59 Å². The largest absolute Gasteiger partial charge is 0.497 e. The van der Waals surface area contributed by atoms with Gasteiger partial charge >= 0.3 is 0 Å². The highest BCUT2D eigenvalue weighted by molar-refractivity contribution is 6.30. The Morgan fingerprint density at radius 3 is 2.44 bits per heavy atom.